The van der Waals surface area contributed by atoms with E-state index in [4.69, 9.17) is 16.2 Å². The minimum atomic E-state index is -0.287. The highest BCUT2D eigenvalue weighted by molar-refractivity contribution is 5.67. The largest absolute Gasteiger partial charge is 0.450 e. The molecule has 1 heterocycles. The molecule has 0 unspecified atom stereocenters. The van der Waals surface area contributed by atoms with Crippen LogP contribution in [-0.4, -0.2) is 42.8 Å². The smallest absolute Gasteiger partial charge is 0.409 e. The Hall–Kier alpha value is -0.810. The van der Waals surface area contributed by atoms with Crippen LogP contribution in [-0.2, 0) is 4.74 Å². The third-order valence-corrected chi connectivity index (χ3v) is 2.24. The van der Waals surface area contributed by atoms with Crippen molar-refractivity contribution in [2.45, 2.75) is 25.4 Å². The summed E-state index contributed by atoms with van der Waals surface area (Å²) in [6.45, 7) is 3.33. The van der Waals surface area contributed by atoms with Crippen LogP contribution in [0.2, 0.25) is 0 Å². The van der Waals surface area contributed by atoms with Crippen LogP contribution in [0.4, 0.5) is 4.79 Å². The third-order valence-electron chi connectivity index (χ3n) is 2.24. The molecular formula is C8H17N3O2. The van der Waals surface area contributed by atoms with E-state index in [9.17, 15) is 4.79 Å². The summed E-state index contributed by atoms with van der Waals surface area (Å²) in [5, 5.41) is 0. The normalized spacial score (nSPS) is 28.7. The van der Waals surface area contributed by atoms with Gasteiger partial charge in [-0.25, -0.2) is 4.79 Å². The highest BCUT2D eigenvalue weighted by atomic mass is 16.6. The van der Waals surface area contributed by atoms with Crippen LogP contribution in [0.15, 0.2) is 0 Å². The molecule has 0 radical (unpaired) electrons. The van der Waals surface area contributed by atoms with Crippen LogP contribution < -0.4 is 11.5 Å². The molecule has 5 nitrogen and oxygen atoms in total. The van der Waals surface area contributed by atoms with E-state index in [-0.39, 0.29) is 18.2 Å². The molecular weight excluding hydrogens is 170 g/mol. The van der Waals surface area contributed by atoms with E-state index < -0.39 is 0 Å². The molecule has 0 aromatic carbocycles. The number of likely N-dealkylation sites (tertiary alicyclic amines) is 1. The lowest BCUT2D eigenvalue weighted by atomic mass is 10.0. The van der Waals surface area contributed by atoms with Gasteiger partial charge in [0.25, 0.3) is 0 Å². The average molecular weight is 187 g/mol. The SMILES string of the molecule is CCOC(=O)N1CC[C@H](N)[C@H](N)C1. The topological polar surface area (TPSA) is 81.6 Å². The first-order chi connectivity index (χ1) is 6.15. The number of hydrogen-bond donors (Lipinski definition) is 2. The first-order valence-electron chi connectivity index (χ1n) is 4.58. The van der Waals surface area contributed by atoms with Crippen molar-refractivity contribution in [1.82, 2.24) is 4.90 Å². The summed E-state index contributed by atoms with van der Waals surface area (Å²) < 4.78 is 4.86. The molecule has 0 aromatic rings. The Labute approximate surface area is 78.0 Å². The minimum Gasteiger partial charge on any atom is -0.450 e. The predicted molar refractivity (Wildman–Crippen MR) is 49.2 cm³/mol. The summed E-state index contributed by atoms with van der Waals surface area (Å²) in [4.78, 5) is 12.9. The predicted octanol–water partition coefficient (Wildman–Crippen LogP) is -0.497. The van der Waals surface area contributed by atoms with Crippen LogP contribution in [0, 0.1) is 0 Å². The number of nitrogens with zero attached hydrogens (tertiary/aromatic N) is 1. The van der Waals surface area contributed by atoms with E-state index in [1.165, 1.54) is 0 Å². The lowest BCUT2D eigenvalue weighted by molar-refractivity contribution is 0.0932. The van der Waals surface area contributed by atoms with Gasteiger partial charge in [-0.05, 0) is 13.3 Å². The molecule has 0 bridgehead atoms. The Morgan fingerprint density at radius 3 is 2.77 bits per heavy atom. The van der Waals surface area contributed by atoms with E-state index in [0.29, 0.717) is 19.7 Å². The summed E-state index contributed by atoms with van der Waals surface area (Å²) in [6.07, 6.45) is 0.463. The zero-order valence-corrected chi connectivity index (χ0v) is 7.90. The fraction of sp³-hybridized carbons (Fsp3) is 0.875. The molecule has 5 heteroatoms. The van der Waals surface area contributed by atoms with Gasteiger partial charge in [-0.2, -0.15) is 0 Å². The molecule has 0 aromatic heterocycles. The molecule has 1 aliphatic heterocycles. The van der Waals surface area contributed by atoms with Crippen molar-refractivity contribution in [3.05, 3.63) is 0 Å². The molecule has 4 N–H and O–H groups in total. The maximum absolute atomic E-state index is 11.3. The van der Waals surface area contributed by atoms with Gasteiger partial charge in [0.2, 0.25) is 0 Å². The zero-order valence-electron chi connectivity index (χ0n) is 7.90. The Kier molecular flexibility index (Phi) is 3.50. The van der Waals surface area contributed by atoms with Crippen molar-refractivity contribution in [1.29, 1.82) is 0 Å². The summed E-state index contributed by atoms with van der Waals surface area (Å²) >= 11 is 0. The maximum Gasteiger partial charge on any atom is 0.409 e. The van der Waals surface area contributed by atoms with Crippen LogP contribution in [0.25, 0.3) is 0 Å². The van der Waals surface area contributed by atoms with Crippen LogP contribution in [0.3, 0.4) is 0 Å². The summed E-state index contributed by atoms with van der Waals surface area (Å²) in [5.41, 5.74) is 11.4. The summed E-state index contributed by atoms with van der Waals surface area (Å²) in [7, 11) is 0. The van der Waals surface area contributed by atoms with E-state index in [2.05, 4.69) is 0 Å². The van der Waals surface area contributed by atoms with Crippen LogP contribution in [0.5, 0.6) is 0 Å². The Morgan fingerprint density at radius 1 is 1.54 bits per heavy atom. The van der Waals surface area contributed by atoms with Crippen LogP contribution in [0.1, 0.15) is 13.3 Å². The van der Waals surface area contributed by atoms with Crippen molar-refractivity contribution in [3.8, 4) is 0 Å². The van der Waals surface area contributed by atoms with Gasteiger partial charge in [0.15, 0.2) is 0 Å². The molecule has 1 amide bonds. The lowest BCUT2D eigenvalue weighted by Crippen LogP contribution is -2.56. The summed E-state index contributed by atoms with van der Waals surface area (Å²) in [6, 6.07) is -0.121. The van der Waals surface area contributed by atoms with Gasteiger partial charge in [-0.3, -0.25) is 0 Å². The monoisotopic (exact) mass is 187 g/mol. The zero-order chi connectivity index (χ0) is 9.84. The molecule has 76 valence electrons. The third kappa shape index (κ3) is 2.57. The molecule has 1 rings (SSSR count). The van der Waals surface area contributed by atoms with Gasteiger partial charge in [-0.15, -0.1) is 0 Å². The highest BCUT2D eigenvalue weighted by Crippen LogP contribution is 2.08. The van der Waals surface area contributed by atoms with Crippen LogP contribution >= 0.6 is 0 Å². The number of hydrogen-bond acceptors (Lipinski definition) is 4. The van der Waals surface area contributed by atoms with E-state index in [1.54, 1.807) is 11.8 Å². The van der Waals surface area contributed by atoms with Gasteiger partial charge in [0.05, 0.1) is 6.61 Å². The van der Waals surface area contributed by atoms with Gasteiger partial charge in [0, 0.05) is 25.2 Å². The highest BCUT2D eigenvalue weighted by Gasteiger charge is 2.27. The van der Waals surface area contributed by atoms with E-state index >= 15 is 0 Å². The van der Waals surface area contributed by atoms with Crippen molar-refractivity contribution < 1.29 is 9.53 Å². The Balaban J connectivity index is 2.40. The number of piperidine rings is 1. The van der Waals surface area contributed by atoms with Gasteiger partial charge >= 0.3 is 6.09 Å². The molecule has 2 atom stereocenters. The number of nitrogens with two attached hydrogens (primary N) is 2. The Bertz CT molecular complexity index is 186. The van der Waals surface area contributed by atoms with Crippen molar-refractivity contribution in [2.24, 2.45) is 11.5 Å². The average Bonchev–Trinajstić information content (AvgIpc) is 2.10. The van der Waals surface area contributed by atoms with Gasteiger partial charge in [0.1, 0.15) is 0 Å². The second-order valence-corrected chi connectivity index (χ2v) is 3.26. The standard InChI is InChI=1S/C8H17N3O2/c1-2-13-8(12)11-4-3-6(9)7(10)5-11/h6-7H,2-5,9-10H2,1H3/t6-,7+/m0/s1. The number of carbonyl (C=O) groups is 1. The number of ether oxygens (including phenoxy) is 1. The quantitative estimate of drug-likeness (QED) is 0.580. The van der Waals surface area contributed by atoms with Crippen molar-refractivity contribution in [3.63, 3.8) is 0 Å². The molecule has 0 spiro atoms. The molecule has 13 heavy (non-hydrogen) atoms. The fourth-order valence-corrected chi connectivity index (χ4v) is 1.38. The first-order valence-corrected chi connectivity index (χ1v) is 4.58. The summed E-state index contributed by atoms with van der Waals surface area (Å²) in [5.74, 6) is 0. The van der Waals surface area contributed by atoms with E-state index in [0.717, 1.165) is 6.42 Å². The minimum absolute atomic E-state index is 0.00526. The maximum atomic E-state index is 11.3. The first kappa shape index (κ1) is 10.3. The van der Waals surface area contributed by atoms with Crippen molar-refractivity contribution in [2.75, 3.05) is 19.7 Å². The molecule has 0 saturated carbocycles. The second-order valence-electron chi connectivity index (χ2n) is 3.26. The number of rotatable bonds is 1. The lowest BCUT2D eigenvalue weighted by Gasteiger charge is -2.33. The molecule has 0 aliphatic carbocycles. The second kappa shape index (κ2) is 4.43. The number of amides is 1. The fourth-order valence-electron chi connectivity index (χ4n) is 1.38. The number of carbonyl (C=O) groups excluding carboxylic acids is 1. The molecule has 1 saturated heterocycles. The molecule has 1 aliphatic rings. The van der Waals surface area contributed by atoms with E-state index in [1.807, 2.05) is 0 Å². The Morgan fingerprint density at radius 2 is 2.23 bits per heavy atom. The van der Waals surface area contributed by atoms with Gasteiger partial charge < -0.3 is 21.1 Å². The molecule has 1 fully saturated rings. The van der Waals surface area contributed by atoms with Crippen molar-refractivity contribution >= 4 is 6.09 Å². The van der Waals surface area contributed by atoms with Gasteiger partial charge in [-0.1, -0.05) is 0 Å².